The van der Waals surface area contributed by atoms with Crippen LogP contribution in [0.25, 0.3) is 0 Å². The minimum absolute atomic E-state index is 0.285. The topological polar surface area (TPSA) is 37.0 Å². The van der Waals surface area contributed by atoms with Crippen molar-refractivity contribution in [3.8, 4) is 0 Å². The van der Waals surface area contributed by atoms with Crippen molar-refractivity contribution in [3.63, 3.8) is 0 Å². The standard InChI is InChI=1S/C6H9O2/c1-5(2)3-4-6(7)8/h3-5H,1-2H3/b4-3+. The molecular weight excluding hydrogens is 104 g/mol. The first-order valence-electron chi connectivity index (χ1n) is 2.52. The summed E-state index contributed by atoms with van der Waals surface area (Å²) in [6.45, 7) is 3.80. The third-order valence-electron chi connectivity index (χ3n) is 0.617. The molecule has 0 spiro atoms. The van der Waals surface area contributed by atoms with Crippen LogP contribution in [-0.2, 0) is 9.90 Å². The molecule has 0 N–H and O–H groups in total. The molecule has 0 aliphatic carbocycles. The van der Waals surface area contributed by atoms with Gasteiger partial charge in [-0.3, -0.25) is 0 Å². The van der Waals surface area contributed by atoms with E-state index in [9.17, 15) is 9.90 Å². The summed E-state index contributed by atoms with van der Waals surface area (Å²) < 4.78 is 0. The van der Waals surface area contributed by atoms with Crippen molar-refractivity contribution in [2.45, 2.75) is 13.8 Å². The van der Waals surface area contributed by atoms with Crippen LogP contribution >= 0.6 is 0 Å². The Labute approximate surface area is 48.8 Å². The molecule has 2 heteroatoms. The number of rotatable bonds is 2. The highest BCUT2D eigenvalue weighted by Crippen LogP contribution is 1.91. The summed E-state index contributed by atoms with van der Waals surface area (Å²) >= 11 is 0. The fourth-order valence-corrected chi connectivity index (χ4v) is 0.271. The number of carbonyl (C=O) groups excluding carboxylic acids is 1. The zero-order chi connectivity index (χ0) is 6.57. The quantitative estimate of drug-likeness (QED) is 0.495. The molecule has 0 heterocycles. The molecule has 0 amide bonds. The monoisotopic (exact) mass is 113 g/mol. The first-order chi connectivity index (χ1) is 3.63. The van der Waals surface area contributed by atoms with E-state index in [0.29, 0.717) is 0 Å². The highest BCUT2D eigenvalue weighted by atomic mass is 16.4. The van der Waals surface area contributed by atoms with Crippen molar-refractivity contribution in [3.05, 3.63) is 12.2 Å². The average molecular weight is 113 g/mol. The molecule has 8 heavy (non-hydrogen) atoms. The fraction of sp³-hybridized carbons (Fsp3) is 0.500. The van der Waals surface area contributed by atoms with E-state index in [1.54, 1.807) is 6.08 Å². The SMILES string of the molecule is CC(C)/C=C/C([O])=O. The van der Waals surface area contributed by atoms with Gasteiger partial charge in [0.05, 0.1) is 0 Å². The molecule has 0 rings (SSSR count). The van der Waals surface area contributed by atoms with Crippen molar-refractivity contribution in [2.24, 2.45) is 5.92 Å². The van der Waals surface area contributed by atoms with Crippen LogP contribution in [0, 0.1) is 5.92 Å². The molecule has 0 unspecified atom stereocenters. The van der Waals surface area contributed by atoms with E-state index in [2.05, 4.69) is 0 Å². The fourth-order valence-electron chi connectivity index (χ4n) is 0.271. The van der Waals surface area contributed by atoms with Crippen molar-refractivity contribution >= 4 is 5.97 Å². The van der Waals surface area contributed by atoms with E-state index in [0.717, 1.165) is 6.08 Å². The zero-order valence-corrected chi connectivity index (χ0v) is 5.05. The molecule has 0 aliphatic rings. The second-order valence-electron chi connectivity index (χ2n) is 1.92. The van der Waals surface area contributed by atoms with Gasteiger partial charge < -0.3 is 0 Å². The van der Waals surface area contributed by atoms with Gasteiger partial charge in [-0.25, -0.2) is 9.90 Å². The molecule has 0 aromatic carbocycles. The third-order valence-corrected chi connectivity index (χ3v) is 0.617. The lowest BCUT2D eigenvalue weighted by atomic mass is 10.2. The van der Waals surface area contributed by atoms with Gasteiger partial charge in [-0.2, -0.15) is 0 Å². The van der Waals surface area contributed by atoms with E-state index in [4.69, 9.17) is 0 Å². The second-order valence-corrected chi connectivity index (χ2v) is 1.92. The predicted octanol–water partition coefficient (Wildman–Crippen LogP) is 1.16. The van der Waals surface area contributed by atoms with E-state index < -0.39 is 5.97 Å². The Balaban J connectivity index is 3.50. The third kappa shape index (κ3) is 5.21. The molecule has 0 saturated carbocycles. The van der Waals surface area contributed by atoms with Crippen LogP contribution in [0.1, 0.15) is 13.8 Å². The Morgan fingerprint density at radius 1 is 1.50 bits per heavy atom. The van der Waals surface area contributed by atoms with Gasteiger partial charge in [0.25, 0.3) is 0 Å². The molecule has 2 nitrogen and oxygen atoms in total. The number of hydrogen-bond acceptors (Lipinski definition) is 1. The Kier molecular flexibility index (Phi) is 2.92. The molecule has 0 fully saturated rings. The summed E-state index contributed by atoms with van der Waals surface area (Å²) in [4.78, 5) is 9.71. The van der Waals surface area contributed by atoms with Crippen molar-refractivity contribution in [1.82, 2.24) is 0 Å². The largest absolute Gasteiger partial charge is 0.378 e. The lowest BCUT2D eigenvalue weighted by molar-refractivity contribution is -0.137. The minimum Gasteiger partial charge on any atom is -0.242 e. The van der Waals surface area contributed by atoms with Crippen LogP contribution in [0.5, 0.6) is 0 Å². The molecule has 0 aliphatic heterocycles. The molecule has 0 aromatic heterocycles. The highest BCUT2D eigenvalue weighted by Gasteiger charge is 1.89. The maximum Gasteiger partial charge on any atom is 0.378 e. The van der Waals surface area contributed by atoms with E-state index in [1.165, 1.54) is 0 Å². The van der Waals surface area contributed by atoms with Crippen molar-refractivity contribution in [2.75, 3.05) is 0 Å². The van der Waals surface area contributed by atoms with Gasteiger partial charge in [-0.15, -0.1) is 0 Å². The zero-order valence-electron chi connectivity index (χ0n) is 5.05. The number of carbonyl (C=O) groups is 1. The number of allylic oxidation sites excluding steroid dienone is 1. The lowest BCUT2D eigenvalue weighted by Crippen LogP contribution is -1.85. The maximum absolute atomic E-state index is 9.71. The van der Waals surface area contributed by atoms with Crippen LogP contribution in [-0.4, -0.2) is 5.97 Å². The van der Waals surface area contributed by atoms with Crippen LogP contribution in [0.15, 0.2) is 12.2 Å². The molecule has 0 aromatic rings. The predicted molar refractivity (Wildman–Crippen MR) is 29.7 cm³/mol. The van der Waals surface area contributed by atoms with Gasteiger partial charge in [0.2, 0.25) is 0 Å². The number of hydrogen-bond donors (Lipinski definition) is 0. The summed E-state index contributed by atoms with van der Waals surface area (Å²) in [6.07, 6.45) is 2.62. The van der Waals surface area contributed by atoms with Crippen LogP contribution < -0.4 is 0 Å². The van der Waals surface area contributed by atoms with Crippen molar-refractivity contribution < 1.29 is 9.90 Å². The summed E-state index contributed by atoms with van der Waals surface area (Å²) in [5.74, 6) is -0.841. The van der Waals surface area contributed by atoms with Gasteiger partial charge in [-0.1, -0.05) is 19.9 Å². The molecule has 0 atom stereocenters. The Hall–Kier alpha value is -0.790. The van der Waals surface area contributed by atoms with Gasteiger partial charge in [0, 0.05) is 6.08 Å². The van der Waals surface area contributed by atoms with Crippen LogP contribution in [0.4, 0.5) is 0 Å². The lowest BCUT2D eigenvalue weighted by Gasteiger charge is -1.87. The van der Waals surface area contributed by atoms with Gasteiger partial charge >= 0.3 is 5.97 Å². The Morgan fingerprint density at radius 2 is 2.00 bits per heavy atom. The summed E-state index contributed by atoms with van der Waals surface area (Å²) in [6, 6.07) is 0. The summed E-state index contributed by atoms with van der Waals surface area (Å²) in [5.41, 5.74) is 0. The molecule has 0 bridgehead atoms. The highest BCUT2D eigenvalue weighted by molar-refractivity contribution is 5.79. The van der Waals surface area contributed by atoms with E-state index >= 15 is 0 Å². The summed E-state index contributed by atoms with van der Waals surface area (Å²) in [5, 5.41) is 9.71. The van der Waals surface area contributed by atoms with E-state index in [-0.39, 0.29) is 5.92 Å². The van der Waals surface area contributed by atoms with Gasteiger partial charge in [0.15, 0.2) is 0 Å². The van der Waals surface area contributed by atoms with Gasteiger partial charge in [-0.05, 0) is 5.92 Å². The molecule has 0 saturated heterocycles. The van der Waals surface area contributed by atoms with Crippen molar-refractivity contribution in [1.29, 1.82) is 0 Å². The van der Waals surface area contributed by atoms with Crippen LogP contribution in [0.3, 0.4) is 0 Å². The maximum atomic E-state index is 9.71. The Bertz CT molecular complexity index is 103. The molecule has 1 radical (unpaired) electrons. The Morgan fingerprint density at radius 3 is 2.12 bits per heavy atom. The summed E-state index contributed by atoms with van der Waals surface area (Å²) in [7, 11) is 0. The molecular formula is C6H9O2. The smallest absolute Gasteiger partial charge is 0.242 e. The average Bonchev–Trinajstić information content (AvgIpc) is 1.61. The van der Waals surface area contributed by atoms with Gasteiger partial charge in [0.1, 0.15) is 0 Å². The van der Waals surface area contributed by atoms with Crippen LogP contribution in [0.2, 0.25) is 0 Å². The first-order valence-corrected chi connectivity index (χ1v) is 2.52. The minimum atomic E-state index is -1.13. The first kappa shape index (κ1) is 7.21. The second kappa shape index (κ2) is 3.24. The normalized spacial score (nSPS) is 10.9. The molecule has 45 valence electrons. The van der Waals surface area contributed by atoms with E-state index in [1.807, 2.05) is 13.8 Å².